The van der Waals surface area contributed by atoms with Gasteiger partial charge in [0.1, 0.15) is 5.75 Å². The highest BCUT2D eigenvalue weighted by atomic mass is 16.5. The Morgan fingerprint density at radius 3 is 2.67 bits per heavy atom. The van der Waals surface area contributed by atoms with E-state index in [0.29, 0.717) is 18.1 Å². The van der Waals surface area contributed by atoms with Gasteiger partial charge in [0.05, 0.1) is 11.9 Å². The molecule has 2 N–H and O–H groups in total. The molecule has 0 amide bonds. The third kappa shape index (κ3) is 2.28. The zero-order valence-electron chi connectivity index (χ0n) is 8.43. The van der Waals surface area contributed by atoms with Crippen molar-refractivity contribution in [1.29, 1.82) is 0 Å². The van der Waals surface area contributed by atoms with Crippen LogP contribution in [0.15, 0.2) is 35.0 Å². The molecule has 0 aliphatic rings. The van der Waals surface area contributed by atoms with Crippen molar-refractivity contribution >= 4 is 5.69 Å². The molecule has 0 spiro atoms. The van der Waals surface area contributed by atoms with Crippen LogP contribution in [0.1, 0.15) is 11.3 Å². The molecule has 0 saturated heterocycles. The summed E-state index contributed by atoms with van der Waals surface area (Å²) < 4.78 is 10.4. The van der Waals surface area contributed by atoms with Gasteiger partial charge in [0.15, 0.2) is 12.4 Å². The first kappa shape index (κ1) is 9.58. The molecule has 2 rings (SSSR count). The van der Waals surface area contributed by atoms with Crippen molar-refractivity contribution in [3.63, 3.8) is 0 Å². The summed E-state index contributed by atoms with van der Waals surface area (Å²) in [6.07, 6.45) is 1.47. The first-order chi connectivity index (χ1) is 7.25. The van der Waals surface area contributed by atoms with E-state index in [2.05, 4.69) is 5.16 Å². The molecule has 1 aromatic heterocycles. The molecular formula is C11H12N2O2. The maximum Gasteiger partial charge on any atom is 0.196 e. The summed E-state index contributed by atoms with van der Waals surface area (Å²) in [7, 11) is 0. The van der Waals surface area contributed by atoms with Crippen molar-refractivity contribution in [2.75, 3.05) is 5.73 Å². The molecule has 0 fully saturated rings. The molecule has 4 nitrogen and oxygen atoms in total. The Morgan fingerprint density at radius 2 is 2.07 bits per heavy atom. The van der Waals surface area contributed by atoms with Crippen molar-refractivity contribution in [3.05, 3.63) is 41.8 Å². The van der Waals surface area contributed by atoms with Crippen molar-refractivity contribution < 1.29 is 9.26 Å². The third-order valence-electron chi connectivity index (χ3n) is 2.07. The molecule has 15 heavy (non-hydrogen) atoms. The zero-order chi connectivity index (χ0) is 10.7. The Labute approximate surface area is 87.6 Å². The highest BCUT2D eigenvalue weighted by Crippen LogP contribution is 2.16. The number of benzene rings is 1. The second-order valence-electron chi connectivity index (χ2n) is 3.31. The fraction of sp³-hybridized carbons (Fsp3) is 0.182. The van der Waals surface area contributed by atoms with E-state index in [1.807, 2.05) is 31.2 Å². The molecule has 0 saturated carbocycles. The van der Waals surface area contributed by atoms with Crippen LogP contribution in [-0.2, 0) is 6.61 Å². The van der Waals surface area contributed by atoms with E-state index in [1.165, 1.54) is 11.8 Å². The maximum atomic E-state index is 5.59. The quantitative estimate of drug-likeness (QED) is 0.832. The van der Waals surface area contributed by atoms with E-state index in [9.17, 15) is 0 Å². The summed E-state index contributed by atoms with van der Waals surface area (Å²) in [6, 6.07) is 7.78. The predicted molar refractivity (Wildman–Crippen MR) is 56.4 cm³/mol. The van der Waals surface area contributed by atoms with E-state index in [0.717, 1.165) is 5.75 Å². The minimum absolute atomic E-state index is 0.300. The van der Waals surface area contributed by atoms with Gasteiger partial charge in [-0.25, -0.2) is 0 Å². The lowest BCUT2D eigenvalue weighted by Crippen LogP contribution is -1.97. The lowest BCUT2D eigenvalue weighted by atomic mass is 10.2. The number of nitrogen functional groups attached to an aromatic ring is 1. The molecule has 1 aromatic carbocycles. The Hall–Kier alpha value is -1.97. The van der Waals surface area contributed by atoms with Crippen LogP contribution < -0.4 is 10.5 Å². The van der Waals surface area contributed by atoms with Crippen LogP contribution in [0.4, 0.5) is 5.69 Å². The van der Waals surface area contributed by atoms with Crippen LogP contribution in [0.25, 0.3) is 0 Å². The second kappa shape index (κ2) is 4.04. The summed E-state index contributed by atoms with van der Waals surface area (Å²) in [5.41, 5.74) is 7.30. The highest BCUT2D eigenvalue weighted by molar-refractivity contribution is 5.37. The van der Waals surface area contributed by atoms with Gasteiger partial charge in [0.2, 0.25) is 0 Å². The average Bonchev–Trinajstić information content (AvgIpc) is 2.63. The number of ether oxygens (including phenoxy) is 1. The number of rotatable bonds is 3. The molecule has 0 unspecified atom stereocenters. The van der Waals surface area contributed by atoms with E-state index < -0.39 is 0 Å². The topological polar surface area (TPSA) is 61.3 Å². The van der Waals surface area contributed by atoms with Gasteiger partial charge in [-0.3, -0.25) is 0 Å². The summed E-state index contributed by atoms with van der Waals surface area (Å²) in [5, 5.41) is 3.57. The molecule has 0 bridgehead atoms. The van der Waals surface area contributed by atoms with Crippen LogP contribution in [-0.4, -0.2) is 5.16 Å². The van der Waals surface area contributed by atoms with Crippen molar-refractivity contribution in [3.8, 4) is 5.75 Å². The van der Waals surface area contributed by atoms with Crippen molar-refractivity contribution in [2.24, 2.45) is 0 Å². The predicted octanol–water partition coefficient (Wildman–Crippen LogP) is 2.14. The first-order valence-electron chi connectivity index (χ1n) is 4.64. The SMILES string of the molecule is Cc1ccc(OCc2oncc2N)cc1. The van der Waals surface area contributed by atoms with Gasteiger partial charge in [-0.2, -0.15) is 0 Å². The summed E-state index contributed by atoms with van der Waals surface area (Å²) in [6.45, 7) is 2.33. The maximum absolute atomic E-state index is 5.59. The Bertz CT molecular complexity index is 434. The Kier molecular flexibility index (Phi) is 2.58. The van der Waals surface area contributed by atoms with E-state index >= 15 is 0 Å². The largest absolute Gasteiger partial charge is 0.485 e. The molecule has 78 valence electrons. The van der Waals surface area contributed by atoms with E-state index in [1.54, 1.807) is 0 Å². The Morgan fingerprint density at radius 1 is 1.33 bits per heavy atom. The standard InChI is InChI=1S/C11H12N2O2/c1-8-2-4-9(5-3-8)14-7-11-10(12)6-13-15-11/h2-6H,7,12H2,1H3. The monoisotopic (exact) mass is 204 g/mol. The molecule has 0 radical (unpaired) electrons. The lowest BCUT2D eigenvalue weighted by Gasteiger charge is -2.03. The van der Waals surface area contributed by atoms with E-state index in [-0.39, 0.29) is 0 Å². The second-order valence-corrected chi connectivity index (χ2v) is 3.31. The minimum Gasteiger partial charge on any atom is -0.485 e. The molecule has 4 heteroatoms. The molecule has 1 heterocycles. The minimum atomic E-state index is 0.300. The van der Waals surface area contributed by atoms with Crippen LogP contribution in [0.2, 0.25) is 0 Å². The molecule has 2 aromatic rings. The fourth-order valence-electron chi connectivity index (χ4n) is 1.16. The molecular weight excluding hydrogens is 192 g/mol. The number of aryl methyl sites for hydroxylation is 1. The summed E-state index contributed by atoms with van der Waals surface area (Å²) >= 11 is 0. The molecule has 0 atom stereocenters. The van der Waals surface area contributed by atoms with Crippen LogP contribution >= 0.6 is 0 Å². The molecule has 0 aliphatic heterocycles. The smallest absolute Gasteiger partial charge is 0.196 e. The lowest BCUT2D eigenvalue weighted by molar-refractivity contribution is 0.250. The van der Waals surface area contributed by atoms with Gasteiger partial charge in [-0.05, 0) is 19.1 Å². The zero-order valence-corrected chi connectivity index (χ0v) is 8.43. The molecule has 0 aliphatic carbocycles. The normalized spacial score (nSPS) is 10.2. The van der Waals surface area contributed by atoms with Gasteiger partial charge in [-0.15, -0.1) is 0 Å². The van der Waals surface area contributed by atoms with Crippen LogP contribution in [0.3, 0.4) is 0 Å². The number of nitrogens with zero attached hydrogens (tertiary/aromatic N) is 1. The number of anilines is 1. The van der Waals surface area contributed by atoms with Crippen LogP contribution in [0.5, 0.6) is 5.75 Å². The summed E-state index contributed by atoms with van der Waals surface area (Å²) in [4.78, 5) is 0. The van der Waals surface area contributed by atoms with Gasteiger partial charge >= 0.3 is 0 Å². The highest BCUT2D eigenvalue weighted by Gasteiger charge is 2.04. The number of nitrogens with two attached hydrogens (primary N) is 1. The van der Waals surface area contributed by atoms with Crippen molar-refractivity contribution in [2.45, 2.75) is 13.5 Å². The average molecular weight is 204 g/mol. The number of hydrogen-bond acceptors (Lipinski definition) is 4. The van der Waals surface area contributed by atoms with E-state index in [4.69, 9.17) is 15.0 Å². The third-order valence-corrected chi connectivity index (χ3v) is 2.07. The van der Waals surface area contributed by atoms with Gasteiger partial charge in [-0.1, -0.05) is 22.9 Å². The number of hydrogen-bond donors (Lipinski definition) is 1. The van der Waals surface area contributed by atoms with Gasteiger partial charge in [0.25, 0.3) is 0 Å². The Balaban J connectivity index is 1.99. The van der Waals surface area contributed by atoms with Crippen molar-refractivity contribution in [1.82, 2.24) is 5.16 Å². The van der Waals surface area contributed by atoms with Gasteiger partial charge < -0.3 is 15.0 Å². The number of aromatic nitrogens is 1. The van der Waals surface area contributed by atoms with Crippen LogP contribution in [0, 0.1) is 6.92 Å². The summed E-state index contributed by atoms with van der Waals surface area (Å²) in [5.74, 6) is 1.34. The van der Waals surface area contributed by atoms with Gasteiger partial charge in [0, 0.05) is 0 Å². The fourth-order valence-corrected chi connectivity index (χ4v) is 1.16. The first-order valence-corrected chi connectivity index (χ1v) is 4.64.